The number of urea groups is 1. The number of hydrogen-bond acceptors (Lipinski definition) is 3. The Kier molecular flexibility index (Phi) is 5.57. The predicted octanol–water partition coefficient (Wildman–Crippen LogP) is 3.43. The summed E-state index contributed by atoms with van der Waals surface area (Å²) in [6, 6.07) is 16.8. The molecule has 156 valence electrons. The Labute approximate surface area is 176 Å². The highest BCUT2D eigenvalue weighted by molar-refractivity contribution is 6.09. The average Bonchev–Trinajstić information content (AvgIpc) is 2.99. The number of imide groups is 1. The molecule has 4 amide bonds. The zero-order chi connectivity index (χ0) is 21.1. The lowest BCUT2D eigenvalue weighted by molar-refractivity contribution is -0.135. The first kappa shape index (κ1) is 20.1. The van der Waals surface area contributed by atoms with Crippen molar-refractivity contribution in [2.45, 2.75) is 50.6 Å². The van der Waals surface area contributed by atoms with Gasteiger partial charge in [-0.1, -0.05) is 67.9 Å². The highest BCUT2D eigenvalue weighted by atomic mass is 16.2. The molecule has 0 radical (unpaired) electrons. The van der Waals surface area contributed by atoms with E-state index in [1.165, 1.54) is 0 Å². The number of nitrogens with one attached hydrogen (secondary N) is 2. The van der Waals surface area contributed by atoms with Gasteiger partial charge < -0.3 is 10.6 Å². The fourth-order valence-electron chi connectivity index (χ4n) is 4.63. The van der Waals surface area contributed by atoms with Crippen molar-refractivity contribution in [2.75, 3.05) is 6.54 Å². The second kappa shape index (κ2) is 8.30. The zero-order valence-electron chi connectivity index (χ0n) is 17.2. The molecule has 1 aliphatic carbocycles. The van der Waals surface area contributed by atoms with Crippen molar-refractivity contribution in [3.8, 4) is 0 Å². The summed E-state index contributed by atoms with van der Waals surface area (Å²) >= 11 is 0. The normalized spacial score (nSPS) is 21.3. The highest BCUT2D eigenvalue weighted by Gasteiger charge is 2.54. The van der Waals surface area contributed by atoms with E-state index >= 15 is 0 Å². The van der Waals surface area contributed by atoms with Gasteiger partial charge in [0.05, 0.1) is 6.04 Å². The molecule has 2 aromatic carbocycles. The Balaban J connectivity index is 1.51. The van der Waals surface area contributed by atoms with Crippen LogP contribution in [0, 0.1) is 0 Å². The number of hydrogen-bond donors (Lipinski definition) is 2. The van der Waals surface area contributed by atoms with E-state index in [0.717, 1.165) is 47.3 Å². The van der Waals surface area contributed by atoms with E-state index in [4.69, 9.17) is 0 Å². The van der Waals surface area contributed by atoms with Crippen LogP contribution in [0.5, 0.6) is 0 Å². The van der Waals surface area contributed by atoms with Crippen LogP contribution in [0.4, 0.5) is 4.79 Å². The second-order valence-electron chi connectivity index (χ2n) is 8.06. The van der Waals surface area contributed by atoms with Gasteiger partial charge in [0, 0.05) is 0 Å². The lowest BCUT2D eigenvalue weighted by Crippen LogP contribution is -2.47. The molecule has 2 aliphatic rings. The van der Waals surface area contributed by atoms with Gasteiger partial charge in [0.25, 0.3) is 5.91 Å². The maximum atomic E-state index is 13.3. The fraction of sp³-hybridized carbons (Fsp3) is 0.375. The molecule has 2 N–H and O–H groups in total. The third-order valence-electron chi connectivity index (χ3n) is 6.07. The quantitative estimate of drug-likeness (QED) is 0.723. The summed E-state index contributed by atoms with van der Waals surface area (Å²) < 4.78 is 0. The van der Waals surface area contributed by atoms with E-state index in [-0.39, 0.29) is 24.4 Å². The summed E-state index contributed by atoms with van der Waals surface area (Å²) in [5, 5.41) is 5.90. The average molecular weight is 405 g/mol. The molecular formula is C24H27N3O3. The van der Waals surface area contributed by atoms with Gasteiger partial charge in [0.1, 0.15) is 12.1 Å². The van der Waals surface area contributed by atoms with Gasteiger partial charge in [0.2, 0.25) is 5.91 Å². The van der Waals surface area contributed by atoms with Crippen molar-refractivity contribution in [1.82, 2.24) is 15.5 Å². The van der Waals surface area contributed by atoms with Crippen molar-refractivity contribution in [3.63, 3.8) is 0 Å². The number of carbonyl (C=O) groups excluding carboxylic acids is 3. The fourth-order valence-corrected chi connectivity index (χ4v) is 4.63. The Morgan fingerprint density at radius 3 is 2.63 bits per heavy atom. The van der Waals surface area contributed by atoms with Crippen LogP contribution in [0.1, 0.15) is 55.3 Å². The number of benzene rings is 2. The van der Waals surface area contributed by atoms with Gasteiger partial charge in [-0.25, -0.2) is 4.79 Å². The van der Waals surface area contributed by atoms with Gasteiger partial charge in [-0.05, 0) is 42.4 Å². The van der Waals surface area contributed by atoms with E-state index in [2.05, 4.69) is 17.6 Å². The van der Waals surface area contributed by atoms with Gasteiger partial charge >= 0.3 is 6.03 Å². The number of carbonyl (C=O) groups is 3. The predicted molar refractivity (Wildman–Crippen MR) is 114 cm³/mol. The summed E-state index contributed by atoms with van der Waals surface area (Å²) in [6.45, 7) is 1.78. The number of rotatable bonds is 6. The summed E-state index contributed by atoms with van der Waals surface area (Å²) in [6.07, 6.45) is 3.94. The summed E-state index contributed by atoms with van der Waals surface area (Å²) in [4.78, 5) is 39.9. The SMILES string of the molecule is CCC[C@@H](NC(=O)CN1C(=O)N[C@@]2(CCCc3ccccc32)C1=O)c1ccccc1. The first-order chi connectivity index (χ1) is 14.5. The lowest BCUT2D eigenvalue weighted by atomic mass is 9.76. The molecule has 6 nitrogen and oxygen atoms in total. The van der Waals surface area contributed by atoms with E-state index in [1.54, 1.807) is 0 Å². The van der Waals surface area contributed by atoms with Crippen LogP contribution in [0.2, 0.25) is 0 Å². The van der Waals surface area contributed by atoms with E-state index in [1.807, 2.05) is 54.6 Å². The molecule has 2 atom stereocenters. The molecule has 1 saturated heterocycles. The standard InChI is InChI=1S/C24H27N3O3/c1-2-9-20(18-11-4-3-5-12-18)25-21(28)16-27-22(29)24(26-23(27)30)15-8-13-17-10-6-7-14-19(17)24/h3-7,10-12,14,20H,2,8-9,13,15-16H2,1H3,(H,25,28)(H,26,30)/t20-,24-/m1/s1. The van der Waals surface area contributed by atoms with Crippen LogP contribution in [0.25, 0.3) is 0 Å². The molecule has 4 rings (SSSR count). The van der Waals surface area contributed by atoms with Gasteiger partial charge in [-0.15, -0.1) is 0 Å². The molecule has 1 heterocycles. The summed E-state index contributed by atoms with van der Waals surface area (Å²) in [5.41, 5.74) is 1.90. The van der Waals surface area contributed by atoms with Gasteiger partial charge in [-0.3, -0.25) is 14.5 Å². The lowest BCUT2D eigenvalue weighted by Gasteiger charge is -2.33. The van der Waals surface area contributed by atoms with Crippen molar-refractivity contribution in [2.24, 2.45) is 0 Å². The Bertz CT molecular complexity index is 959. The molecule has 0 bridgehead atoms. The van der Waals surface area contributed by atoms with Crippen LogP contribution >= 0.6 is 0 Å². The second-order valence-corrected chi connectivity index (χ2v) is 8.06. The molecule has 30 heavy (non-hydrogen) atoms. The monoisotopic (exact) mass is 405 g/mol. The van der Waals surface area contributed by atoms with E-state index in [0.29, 0.717) is 6.42 Å². The van der Waals surface area contributed by atoms with Crippen LogP contribution in [-0.2, 0) is 21.5 Å². The maximum Gasteiger partial charge on any atom is 0.325 e. The number of nitrogens with zero attached hydrogens (tertiary/aromatic N) is 1. The highest BCUT2D eigenvalue weighted by Crippen LogP contribution is 2.39. The minimum atomic E-state index is -1.05. The first-order valence-electron chi connectivity index (χ1n) is 10.6. The van der Waals surface area contributed by atoms with Crippen molar-refractivity contribution in [1.29, 1.82) is 0 Å². The minimum absolute atomic E-state index is 0.145. The van der Waals surface area contributed by atoms with Crippen LogP contribution in [0.3, 0.4) is 0 Å². The number of aryl methyl sites for hydroxylation is 1. The molecule has 1 aliphatic heterocycles. The molecule has 1 fully saturated rings. The maximum absolute atomic E-state index is 13.3. The van der Waals surface area contributed by atoms with Crippen LogP contribution in [0.15, 0.2) is 54.6 Å². The minimum Gasteiger partial charge on any atom is -0.348 e. The topological polar surface area (TPSA) is 78.5 Å². The summed E-state index contributed by atoms with van der Waals surface area (Å²) in [5.74, 6) is -0.663. The molecule has 6 heteroatoms. The van der Waals surface area contributed by atoms with Crippen LogP contribution in [-0.4, -0.2) is 29.3 Å². The molecule has 0 unspecified atom stereocenters. The van der Waals surface area contributed by atoms with E-state index in [9.17, 15) is 14.4 Å². The smallest absolute Gasteiger partial charge is 0.325 e. The molecule has 2 aromatic rings. The molecule has 1 spiro atoms. The Morgan fingerprint density at radius 2 is 1.87 bits per heavy atom. The third-order valence-corrected chi connectivity index (χ3v) is 6.07. The number of fused-ring (bicyclic) bond motifs is 2. The first-order valence-corrected chi connectivity index (χ1v) is 10.6. The zero-order valence-corrected chi connectivity index (χ0v) is 17.2. The number of amides is 4. The van der Waals surface area contributed by atoms with Crippen molar-refractivity contribution in [3.05, 3.63) is 71.3 Å². The van der Waals surface area contributed by atoms with Crippen LogP contribution < -0.4 is 10.6 Å². The summed E-state index contributed by atoms with van der Waals surface area (Å²) in [7, 11) is 0. The molecule has 0 saturated carbocycles. The van der Waals surface area contributed by atoms with Crippen molar-refractivity contribution >= 4 is 17.8 Å². The van der Waals surface area contributed by atoms with Gasteiger partial charge in [-0.2, -0.15) is 0 Å². The molecular weight excluding hydrogens is 378 g/mol. The van der Waals surface area contributed by atoms with E-state index < -0.39 is 11.6 Å². The molecule has 0 aromatic heterocycles. The third kappa shape index (κ3) is 3.58. The Morgan fingerprint density at radius 1 is 1.13 bits per heavy atom. The largest absolute Gasteiger partial charge is 0.348 e. The Hall–Kier alpha value is -3.15. The van der Waals surface area contributed by atoms with Gasteiger partial charge in [0.15, 0.2) is 0 Å². The van der Waals surface area contributed by atoms with Crippen molar-refractivity contribution < 1.29 is 14.4 Å².